The second-order valence-electron chi connectivity index (χ2n) is 6.65. The van der Waals surface area contributed by atoms with E-state index in [9.17, 15) is 9.59 Å². The Balaban J connectivity index is 1.56. The summed E-state index contributed by atoms with van der Waals surface area (Å²) >= 11 is 5.99. The van der Waals surface area contributed by atoms with Gasteiger partial charge in [-0.25, -0.2) is 0 Å². The van der Waals surface area contributed by atoms with E-state index < -0.39 is 5.56 Å². The fourth-order valence-electron chi connectivity index (χ4n) is 2.93. The quantitative estimate of drug-likeness (QED) is 0.523. The average molecular weight is 421 g/mol. The van der Waals surface area contributed by atoms with Crippen LogP contribution in [0.15, 0.2) is 76.2 Å². The van der Waals surface area contributed by atoms with Crippen LogP contribution in [0, 0.1) is 6.92 Å². The molecule has 1 N–H and O–H groups in total. The lowest BCUT2D eigenvalue weighted by Crippen LogP contribution is -2.28. The van der Waals surface area contributed by atoms with Gasteiger partial charge in [-0.1, -0.05) is 53.2 Å². The Hall–Kier alpha value is -3.71. The van der Waals surface area contributed by atoms with Crippen LogP contribution < -0.4 is 10.9 Å². The highest BCUT2D eigenvalue weighted by molar-refractivity contribution is 6.31. The van der Waals surface area contributed by atoms with E-state index in [1.807, 2.05) is 43.3 Å². The Morgan fingerprint density at radius 2 is 1.93 bits per heavy atom. The number of benzene rings is 2. The Morgan fingerprint density at radius 3 is 2.73 bits per heavy atom. The lowest BCUT2D eigenvalue weighted by atomic mass is 10.2. The Bertz CT molecular complexity index is 1260. The molecule has 0 radical (unpaired) electrons. The highest BCUT2D eigenvalue weighted by atomic mass is 35.5. The van der Waals surface area contributed by atoms with Crippen LogP contribution in [0.4, 0.5) is 5.69 Å². The van der Waals surface area contributed by atoms with Gasteiger partial charge >= 0.3 is 0 Å². The van der Waals surface area contributed by atoms with Crippen LogP contribution in [-0.2, 0) is 11.3 Å². The first-order valence-electron chi connectivity index (χ1n) is 9.16. The molecule has 0 spiro atoms. The van der Waals surface area contributed by atoms with Gasteiger partial charge < -0.3 is 14.4 Å². The van der Waals surface area contributed by atoms with Crippen LogP contribution in [0.25, 0.3) is 22.8 Å². The largest absolute Gasteiger partial charge is 0.333 e. The first-order valence-corrected chi connectivity index (χ1v) is 9.54. The van der Waals surface area contributed by atoms with Crippen molar-refractivity contribution >= 4 is 23.2 Å². The summed E-state index contributed by atoms with van der Waals surface area (Å²) in [7, 11) is 0. The molecule has 1 amide bonds. The molecule has 0 unspecified atom stereocenters. The first kappa shape index (κ1) is 19.6. The van der Waals surface area contributed by atoms with E-state index in [0.29, 0.717) is 16.5 Å². The van der Waals surface area contributed by atoms with Crippen molar-refractivity contribution in [3.05, 3.63) is 87.8 Å². The standard InChI is InChI=1S/C22H17ClN4O3/c1-14-9-10-16(23)12-18(14)24-19(28)13-27-11-5-8-17(22(27)29)21-25-20(26-30-21)15-6-3-2-4-7-15/h2-12H,13H2,1H3,(H,24,28). The van der Waals surface area contributed by atoms with Crippen molar-refractivity contribution in [2.24, 2.45) is 0 Å². The number of rotatable bonds is 5. The number of pyridine rings is 1. The third-order valence-electron chi connectivity index (χ3n) is 4.50. The smallest absolute Gasteiger partial charge is 0.263 e. The predicted octanol–water partition coefficient (Wildman–Crippen LogP) is 4.17. The van der Waals surface area contributed by atoms with Crippen LogP contribution in [-0.4, -0.2) is 20.6 Å². The van der Waals surface area contributed by atoms with Crippen LogP contribution in [0.2, 0.25) is 5.02 Å². The minimum absolute atomic E-state index is 0.0966. The maximum atomic E-state index is 12.9. The Morgan fingerprint density at radius 1 is 1.13 bits per heavy atom. The van der Waals surface area contributed by atoms with E-state index in [2.05, 4.69) is 15.5 Å². The zero-order chi connectivity index (χ0) is 21.1. The first-order chi connectivity index (χ1) is 14.5. The van der Waals surface area contributed by atoms with E-state index in [0.717, 1.165) is 11.1 Å². The molecule has 4 rings (SSSR count). The highest BCUT2D eigenvalue weighted by Gasteiger charge is 2.16. The van der Waals surface area contributed by atoms with Gasteiger partial charge in [-0.05, 0) is 36.8 Å². The molecule has 8 heteroatoms. The monoisotopic (exact) mass is 420 g/mol. The molecule has 2 heterocycles. The van der Waals surface area contributed by atoms with Crippen molar-refractivity contribution in [1.29, 1.82) is 0 Å². The molecule has 0 fully saturated rings. The Labute approximate surface area is 176 Å². The van der Waals surface area contributed by atoms with Gasteiger partial charge in [0.25, 0.3) is 11.4 Å². The van der Waals surface area contributed by atoms with Crippen molar-refractivity contribution in [2.45, 2.75) is 13.5 Å². The second kappa shape index (κ2) is 8.34. The van der Waals surface area contributed by atoms with Gasteiger partial charge in [0.05, 0.1) is 0 Å². The maximum absolute atomic E-state index is 12.9. The molecular weight excluding hydrogens is 404 g/mol. The fraction of sp³-hybridized carbons (Fsp3) is 0.0909. The molecule has 0 bridgehead atoms. The SMILES string of the molecule is Cc1ccc(Cl)cc1NC(=O)Cn1cccc(-c2nc(-c3ccccc3)no2)c1=O. The molecule has 0 atom stereocenters. The summed E-state index contributed by atoms with van der Waals surface area (Å²) in [4.78, 5) is 29.6. The van der Waals surface area contributed by atoms with Gasteiger partial charge in [-0.15, -0.1) is 0 Å². The number of hydrogen-bond acceptors (Lipinski definition) is 5. The fourth-order valence-corrected chi connectivity index (χ4v) is 3.11. The molecule has 0 saturated carbocycles. The summed E-state index contributed by atoms with van der Waals surface area (Å²) < 4.78 is 6.57. The normalized spacial score (nSPS) is 10.7. The maximum Gasteiger partial charge on any atom is 0.263 e. The summed E-state index contributed by atoms with van der Waals surface area (Å²) in [5, 5.41) is 7.23. The number of nitrogens with zero attached hydrogens (tertiary/aromatic N) is 3. The number of aryl methyl sites for hydroxylation is 1. The van der Waals surface area contributed by atoms with Crippen LogP contribution in [0.5, 0.6) is 0 Å². The van der Waals surface area contributed by atoms with E-state index in [1.54, 1.807) is 24.3 Å². The number of nitrogens with one attached hydrogen (secondary N) is 1. The molecule has 4 aromatic rings. The van der Waals surface area contributed by atoms with Gasteiger partial charge in [-0.3, -0.25) is 9.59 Å². The number of aromatic nitrogens is 3. The third kappa shape index (κ3) is 4.16. The molecule has 30 heavy (non-hydrogen) atoms. The number of halogens is 1. The van der Waals surface area contributed by atoms with Gasteiger partial charge in [0.15, 0.2) is 0 Å². The predicted molar refractivity (Wildman–Crippen MR) is 114 cm³/mol. The topological polar surface area (TPSA) is 90.0 Å². The molecule has 0 saturated heterocycles. The summed E-state index contributed by atoms with van der Waals surface area (Å²) in [5.74, 6) is 0.129. The van der Waals surface area contributed by atoms with Crippen LogP contribution >= 0.6 is 11.6 Å². The second-order valence-corrected chi connectivity index (χ2v) is 7.09. The van der Waals surface area contributed by atoms with E-state index in [4.69, 9.17) is 16.1 Å². The molecular formula is C22H17ClN4O3. The number of anilines is 1. The number of carbonyl (C=O) groups excluding carboxylic acids is 1. The summed E-state index contributed by atoms with van der Waals surface area (Å²) in [5.41, 5.74) is 2.06. The number of hydrogen-bond donors (Lipinski definition) is 1. The molecule has 2 aromatic heterocycles. The van der Waals surface area contributed by atoms with E-state index in [1.165, 1.54) is 10.8 Å². The summed E-state index contributed by atoms with van der Waals surface area (Å²) in [6, 6.07) is 17.8. The Kier molecular flexibility index (Phi) is 5.45. The van der Waals surface area contributed by atoms with Gasteiger partial charge in [-0.2, -0.15) is 4.98 Å². The van der Waals surface area contributed by atoms with Crippen molar-refractivity contribution < 1.29 is 9.32 Å². The van der Waals surface area contributed by atoms with Crippen LogP contribution in [0.3, 0.4) is 0 Å². The zero-order valence-electron chi connectivity index (χ0n) is 16.0. The zero-order valence-corrected chi connectivity index (χ0v) is 16.8. The molecule has 0 aliphatic carbocycles. The summed E-state index contributed by atoms with van der Waals surface area (Å²) in [6.45, 7) is 1.69. The molecule has 0 aliphatic heterocycles. The molecule has 7 nitrogen and oxygen atoms in total. The van der Waals surface area contributed by atoms with Crippen molar-refractivity contribution in [2.75, 3.05) is 5.32 Å². The lowest BCUT2D eigenvalue weighted by molar-refractivity contribution is -0.116. The third-order valence-corrected chi connectivity index (χ3v) is 4.73. The minimum Gasteiger partial charge on any atom is -0.333 e. The summed E-state index contributed by atoms with van der Waals surface area (Å²) in [6.07, 6.45) is 1.53. The van der Waals surface area contributed by atoms with E-state index >= 15 is 0 Å². The van der Waals surface area contributed by atoms with Gasteiger partial charge in [0, 0.05) is 22.5 Å². The highest BCUT2D eigenvalue weighted by Crippen LogP contribution is 2.21. The van der Waals surface area contributed by atoms with Gasteiger partial charge in [0.1, 0.15) is 12.1 Å². The van der Waals surface area contributed by atoms with Crippen LogP contribution in [0.1, 0.15) is 5.56 Å². The van der Waals surface area contributed by atoms with Gasteiger partial charge in [0.2, 0.25) is 11.7 Å². The van der Waals surface area contributed by atoms with E-state index in [-0.39, 0.29) is 23.9 Å². The van der Waals surface area contributed by atoms with Crippen molar-refractivity contribution in [1.82, 2.24) is 14.7 Å². The molecule has 0 aliphatic rings. The average Bonchev–Trinajstić information content (AvgIpc) is 3.23. The number of amides is 1. The number of carbonyl (C=O) groups is 1. The van der Waals surface area contributed by atoms with Crippen molar-refractivity contribution in [3.8, 4) is 22.8 Å². The molecule has 2 aromatic carbocycles. The van der Waals surface area contributed by atoms with Crippen molar-refractivity contribution in [3.63, 3.8) is 0 Å². The lowest BCUT2D eigenvalue weighted by Gasteiger charge is -2.10. The minimum atomic E-state index is -0.404. The molecule has 150 valence electrons.